The zero-order valence-electron chi connectivity index (χ0n) is 30.8. The van der Waals surface area contributed by atoms with Gasteiger partial charge in [0.15, 0.2) is 11.0 Å². The van der Waals surface area contributed by atoms with E-state index in [0.29, 0.717) is 59.7 Å². The van der Waals surface area contributed by atoms with Crippen molar-refractivity contribution >= 4 is 62.7 Å². The molecule has 9 nitrogen and oxygen atoms in total. The minimum absolute atomic E-state index is 0.134. The van der Waals surface area contributed by atoms with Crippen LogP contribution in [0.1, 0.15) is 72.9 Å². The van der Waals surface area contributed by atoms with Crippen LogP contribution in [0.4, 0.5) is 5.95 Å². The Morgan fingerprint density at radius 1 is 0.943 bits per heavy atom. The summed E-state index contributed by atoms with van der Waals surface area (Å²) in [6, 6.07) is 23.6. The second-order valence-electron chi connectivity index (χ2n) is 12.2. The summed E-state index contributed by atoms with van der Waals surface area (Å²) in [5.41, 5.74) is 3.63. The second kappa shape index (κ2) is 18.6. The highest BCUT2D eigenvalue weighted by Gasteiger charge is 2.33. The predicted molar refractivity (Wildman–Crippen MR) is 217 cm³/mol. The van der Waals surface area contributed by atoms with Crippen LogP contribution >= 0.6 is 23.2 Å². The number of amides is 2. The van der Waals surface area contributed by atoms with Crippen LogP contribution in [-0.4, -0.2) is 63.1 Å². The topological polar surface area (TPSA) is 108 Å². The number of nitrogens with zero attached hydrogens (tertiary/aromatic N) is 4. The van der Waals surface area contributed by atoms with Gasteiger partial charge in [-0.2, -0.15) is 0 Å². The number of benzene rings is 4. The number of nitrogens with one attached hydrogen (secondary N) is 2. The van der Waals surface area contributed by atoms with Crippen molar-refractivity contribution in [3.05, 3.63) is 117 Å². The number of carbonyl (C=O) groups excluding carboxylic acids is 2. The third-order valence-corrected chi connectivity index (χ3v) is 10.7. The third kappa shape index (κ3) is 8.90. The van der Waals surface area contributed by atoms with Gasteiger partial charge in [-0.3, -0.25) is 14.3 Å². The zero-order chi connectivity index (χ0) is 38.1. The van der Waals surface area contributed by atoms with Gasteiger partial charge in [0.25, 0.3) is 11.8 Å². The summed E-state index contributed by atoms with van der Waals surface area (Å²) >= 11 is 13.1. The zero-order valence-corrected chi connectivity index (χ0v) is 33.1. The van der Waals surface area contributed by atoms with Gasteiger partial charge in [-0.25, -0.2) is 14.2 Å². The second-order valence-corrected chi connectivity index (χ2v) is 14.2. The number of anilines is 1. The molecule has 0 fully saturated rings. The van der Waals surface area contributed by atoms with E-state index in [9.17, 15) is 13.8 Å². The lowest BCUT2D eigenvalue weighted by Gasteiger charge is -2.37. The van der Waals surface area contributed by atoms with Gasteiger partial charge in [-0.05, 0) is 59.7 Å². The van der Waals surface area contributed by atoms with E-state index in [4.69, 9.17) is 28.2 Å². The molecule has 2 bridgehead atoms. The standard InChI is InChI=1S/C37H34Cl2N6O3S.2C2H6/c1-2-15-44-16-14-40-20-27-17-24-6-3-4-7-26(24)22-45(27)36(47)31-18-25(11-13-29(31)34-33(39)21-41-37(44)42-34)35(46)43-49(48)28-12-10-23-8-5-9-32(38)30(23)19-28;2*1-2/h3-13,18-19,21,27,40H,2,14-17,20,22H2,1H3,(H,43,46);2*1-2H3/t27-,49?;;/m0../s1. The minimum atomic E-state index is -1.89. The van der Waals surface area contributed by atoms with Crippen molar-refractivity contribution in [3.8, 4) is 11.3 Å². The maximum absolute atomic E-state index is 14.7. The number of rotatable bonds is 5. The molecule has 1 unspecified atom stereocenters. The Bertz CT molecular complexity index is 2110. The molecular weight excluding hydrogens is 727 g/mol. The molecule has 278 valence electrons. The summed E-state index contributed by atoms with van der Waals surface area (Å²) < 4.78 is 16.0. The van der Waals surface area contributed by atoms with Gasteiger partial charge in [0.05, 0.1) is 21.8 Å². The smallest absolute Gasteiger partial charge is 0.263 e. The Balaban J connectivity index is 0.00000131. The van der Waals surface area contributed by atoms with Crippen molar-refractivity contribution in [2.24, 2.45) is 0 Å². The van der Waals surface area contributed by atoms with Crippen LogP contribution in [0.5, 0.6) is 0 Å². The molecule has 0 spiro atoms. The molecule has 2 aliphatic heterocycles. The van der Waals surface area contributed by atoms with Gasteiger partial charge >= 0.3 is 0 Å². The molecule has 1 aromatic heterocycles. The highest BCUT2D eigenvalue weighted by molar-refractivity contribution is 7.83. The Morgan fingerprint density at radius 2 is 1.72 bits per heavy atom. The van der Waals surface area contributed by atoms with E-state index >= 15 is 0 Å². The molecule has 3 heterocycles. The van der Waals surface area contributed by atoms with Gasteiger partial charge in [0.1, 0.15) is 0 Å². The molecule has 4 aromatic carbocycles. The highest BCUT2D eigenvalue weighted by atomic mass is 35.5. The summed E-state index contributed by atoms with van der Waals surface area (Å²) in [6.45, 7) is 13.2. The van der Waals surface area contributed by atoms with Crippen LogP contribution in [0.25, 0.3) is 22.0 Å². The van der Waals surface area contributed by atoms with Crippen molar-refractivity contribution in [3.63, 3.8) is 0 Å². The molecule has 0 saturated carbocycles. The molecular formula is C41H46Cl2N6O3S. The van der Waals surface area contributed by atoms with Crippen molar-refractivity contribution < 1.29 is 13.8 Å². The molecule has 0 aliphatic carbocycles. The first kappa shape index (κ1) is 39.8. The van der Waals surface area contributed by atoms with Crippen LogP contribution in [-0.2, 0) is 24.0 Å². The van der Waals surface area contributed by atoms with Gasteiger partial charge in [-0.15, -0.1) is 0 Å². The lowest BCUT2D eigenvalue weighted by molar-refractivity contribution is 0.0639. The van der Waals surface area contributed by atoms with E-state index in [1.54, 1.807) is 42.6 Å². The molecule has 12 heteroatoms. The van der Waals surface area contributed by atoms with Gasteiger partial charge in [-0.1, -0.05) is 106 Å². The maximum atomic E-state index is 14.7. The monoisotopic (exact) mass is 772 g/mol. The summed E-state index contributed by atoms with van der Waals surface area (Å²) in [5.74, 6) is -0.336. The first-order valence-electron chi connectivity index (χ1n) is 18.2. The molecule has 0 radical (unpaired) electrons. The quantitative estimate of drug-likeness (QED) is 0.185. The van der Waals surface area contributed by atoms with Crippen LogP contribution in [0.2, 0.25) is 10.0 Å². The van der Waals surface area contributed by atoms with Crippen LogP contribution < -0.4 is 14.9 Å². The normalized spacial score (nSPS) is 15.8. The van der Waals surface area contributed by atoms with Crippen LogP contribution in [0.15, 0.2) is 90.0 Å². The molecule has 2 N–H and O–H groups in total. The Labute approximate surface area is 324 Å². The average molecular weight is 774 g/mol. The van der Waals surface area contributed by atoms with E-state index in [1.165, 1.54) is 5.56 Å². The number of hydrogen-bond acceptors (Lipinski definition) is 7. The van der Waals surface area contributed by atoms with E-state index in [1.807, 2.05) is 69.0 Å². The first-order valence-corrected chi connectivity index (χ1v) is 20.1. The summed E-state index contributed by atoms with van der Waals surface area (Å²) in [7, 11) is -1.89. The fourth-order valence-electron chi connectivity index (χ4n) is 6.53. The summed E-state index contributed by atoms with van der Waals surface area (Å²) in [6.07, 6.45) is 3.14. The largest absolute Gasteiger partial charge is 0.340 e. The van der Waals surface area contributed by atoms with E-state index in [2.05, 4.69) is 32.9 Å². The lowest BCUT2D eigenvalue weighted by atomic mass is 9.92. The van der Waals surface area contributed by atoms with Crippen LogP contribution in [0.3, 0.4) is 0 Å². The fraction of sp³-hybridized carbons (Fsp3) is 0.317. The van der Waals surface area contributed by atoms with Gasteiger partial charge in [0.2, 0.25) is 5.95 Å². The summed E-state index contributed by atoms with van der Waals surface area (Å²) in [5, 5.41) is 6.00. The van der Waals surface area contributed by atoms with Crippen LogP contribution in [0, 0.1) is 0 Å². The maximum Gasteiger partial charge on any atom is 0.263 e. The Kier molecular flexibility index (Phi) is 14.0. The molecule has 5 aromatic rings. The SMILES string of the molecule is CC.CC.CCCN1CCNC[C@@H]2Cc3ccccc3CN2C(=O)c2cc(C(=O)NS(=O)c3ccc4cccc(Cl)c4c3)ccc2-c2nc1ncc2Cl. The number of fused-ring (bicyclic) bond motifs is 7. The molecule has 53 heavy (non-hydrogen) atoms. The lowest BCUT2D eigenvalue weighted by Crippen LogP contribution is -2.50. The number of aromatic nitrogens is 2. The number of halogens is 2. The van der Waals surface area contributed by atoms with Crippen molar-refractivity contribution in [2.75, 3.05) is 31.1 Å². The molecule has 7 rings (SSSR count). The fourth-order valence-corrected chi connectivity index (χ4v) is 7.78. The van der Waals surface area contributed by atoms with Crippen molar-refractivity contribution in [1.29, 1.82) is 0 Å². The van der Waals surface area contributed by atoms with E-state index < -0.39 is 16.9 Å². The number of carbonyl (C=O) groups is 2. The third-order valence-electron chi connectivity index (χ3n) is 9.03. The average Bonchev–Trinajstić information content (AvgIpc) is 3.20. The van der Waals surface area contributed by atoms with Gasteiger partial charge < -0.3 is 15.1 Å². The molecule has 2 atom stereocenters. The van der Waals surface area contributed by atoms with E-state index in [-0.39, 0.29) is 28.1 Å². The van der Waals surface area contributed by atoms with Crippen molar-refractivity contribution in [1.82, 2.24) is 24.9 Å². The first-order chi connectivity index (χ1) is 25.8. The summed E-state index contributed by atoms with van der Waals surface area (Å²) in [4.78, 5) is 42.2. The highest BCUT2D eigenvalue weighted by Crippen LogP contribution is 2.34. The Hall–Kier alpha value is -4.35. The number of hydrogen-bond donors (Lipinski definition) is 2. The Morgan fingerprint density at radius 3 is 2.49 bits per heavy atom. The predicted octanol–water partition coefficient (Wildman–Crippen LogP) is 8.50. The van der Waals surface area contributed by atoms with Gasteiger partial charge in [0, 0.05) is 65.9 Å². The minimum Gasteiger partial charge on any atom is -0.340 e. The van der Waals surface area contributed by atoms with Crippen molar-refractivity contribution in [2.45, 2.75) is 64.9 Å². The molecule has 2 aliphatic rings. The molecule has 2 amide bonds. The van der Waals surface area contributed by atoms with E-state index in [0.717, 1.165) is 29.3 Å². The molecule has 0 saturated heterocycles.